The quantitative estimate of drug-likeness (QED) is 0.385. The Morgan fingerprint density at radius 3 is 2.44 bits per heavy atom. The van der Waals surface area contributed by atoms with Crippen molar-refractivity contribution in [2.75, 3.05) is 41.6 Å². The second kappa shape index (κ2) is 7.21. The first kappa shape index (κ1) is 23.3. The Labute approximate surface area is 198 Å². The standard InChI is InChI=1S/C24H35NO9/c1-31-8-22-7-25(9-26)19-15-14-13-10(6-23(30,20(13)29)21(34-4)16(14)28)24(19,18(22)17(15)33-3)12(32-2)5-11(22)27/h9-15,17-21,27,29-30H,5-8H2,1-4H3/t10-,11-,12+,13+,14+,15+,17+,18-,19-,20-,21+,22+,23-,24+/m1/s1. The van der Waals surface area contributed by atoms with Crippen molar-refractivity contribution in [2.45, 2.75) is 55.0 Å². The van der Waals surface area contributed by atoms with Gasteiger partial charge in [-0.2, -0.15) is 0 Å². The molecule has 1 amide bonds. The maximum Gasteiger partial charge on any atom is 0.210 e. The molecule has 7 bridgehead atoms. The van der Waals surface area contributed by atoms with Crippen molar-refractivity contribution in [3.63, 3.8) is 0 Å². The fourth-order valence-electron chi connectivity index (χ4n) is 10.5. The minimum absolute atomic E-state index is 0.154. The number of aliphatic hydroxyl groups is 3. The molecule has 6 aliphatic rings. The number of fused-ring (bicyclic) bond motifs is 2. The molecule has 190 valence electrons. The minimum Gasteiger partial charge on any atom is -0.392 e. The van der Waals surface area contributed by atoms with Gasteiger partial charge in [0.2, 0.25) is 6.41 Å². The largest absolute Gasteiger partial charge is 0.392 e. The van der Waals surface area contributed by atoms with E-state index in [9.17, 15) is 24.9 Å². The molecule has 1 spiro atoms. The lowest BCUT2D eigenvalue weighted by Crippen LogP contribution is -2.77. The Morgan fingerprint density at radius 2 is 1.85 bits per heavy atom. The van der Waals surface area contributed by atoms with E-state index in [4.69, 9.17) is 18.9 Å². The van der Waals surface area contributed by atoms with Crippen LogP contribution in [0.3, 0.4) is 0 Å². The Morgan fingerprint density at radius 1 is 1.12 bits per heavy atom. The number of likely N-dealkylation sites (tertiary alicyclic amines) is 1. The molecular weight excluding hydrogens is 446 g/mol. The lowest BCUT2D eigenvalue weighted by atomic mass is 9.43. The van der Waals surface area contributed by atoms with Crippen molar-refractivity contribution in [1.82, 2.24) is 4.90 Å². The first-order valence-corrected chi connectivity index (χ1v) is 12.1. The van der Waals surface area contributed by atoms with Crippen molar-refractivity contribution in [1.29, 1.82) is 0 Å². The number of nitrogens with zero attached hydrogens (tertiary/aromatic N) is 1. The normalized spacial score (nSPS) is 58.9. The Kier molecular flexibility index (Phi) is 4.94. The summed E-state index contributed by atoms with van der Waals surface area (Å²) in [6.45, 7) is 0.498. The molecule has 10 nitrogen and oxygen atoms in total. The highest BCUT2D eigenvalue weighted by Crippen LogP contribution is 2.78. The van der Waals surface area contributed by atoms with Gasteiger partial charge < -0.3 is 39.2 Å². The molecule has 0 radical (unpaired) electrons. The summed E-state index contributed by atoms with van der Waals surface area (Å²) >= 11 is 0. The zero-order chi connectivity index (χ0) is 24.4. The minimum atomic E-state index is -1.71. The maximum absolute atomic E-state index is 13.9. The summed E-state index contributed by atoms with van der Waals surface area (Å²) in [6, 6.07) is -0.386. The zero-order valence-corrected chi connectivity index (χ0v) is 20.0. The van der Waals surface area contributed by atoms with E-state index < -0.39 is 64.7 Å². The third kappa shape index (κ3) is 2.16. The third-order valence-corrected chi connectivity index (χ3v) is 11.0. The summed E-state index contributed by atoms with van der Waals surface area (Å²) in [5, 5.41) is 34.6. The number of methoxy groups -OCH3 is 4. The monoisotopic (exact) mass is 481 g/mol. The number of carbonyl (C=O) groups excluding carboxylic acids is 2. The van der Waals surface area contributed by atoms with Gasteiger partial charge in [-0.1, -0.05) is 0 Å². The molecule has 5 saturated carbocycles. The molecule has 1 aliphatic heterocycles. The van der Waals surface area contributed by atoms with E-state index in [2.05, 4.69) is 0 Å². The van der Waals surface area contributed by atoms with Crippen LogP contribution in [0.25, 0.3) is 0 Å². The molecule has 34 heavy (non-hydrogen) atoms. The van der Waals surface area contributed by atoms with Crippen LogP contribution in [-0.4, -0.2) is 116 Å². The van der Waals surface area contributed by atoms with E-state index in [-0.39, 0.29) is 43.2 Å². The van der Waals surface area contributed by atoms with Crippen LogP contribution in [0, 0.1) is 40.4 Å². The molecule has 14 atom stereocenters. The van der Waals surface area contributed by atoms with Crippen LogP contribution in [0.15, 0.2) is 0 Å². The van der Waals surface area contributed by atoms with Crippen LogP contribution in [-0.2, 0) is 28.5 Å². The van der Waals surface area contributed by atoms with E-state index in [1.165, 1.54) is 7.11 Å². The van der Waals surface area contributed by atoms with Gasteiger partial charge in [0.05, 0.1) is 31.0 Å². The Balaban J connectivity index is 1.66. The number of carbonyl (C=O) groups is 2. The molecule has 0 aromatic heterocycles. The first-order chi connectivity index (χ1) is 16.2. The average molecular weight is 482 g/mol. The first-order valence-electron chi connectivity index (χ1n) is 12.1. The highest BCUT2D eigenvalue weighted by atomic mass is 16.5. The number of hydrogen-bond acceptors (Lipinski definition) is 9. The fourth-order valence-corrected chi connectivity index (χ4v) is 10.5. The highest BCUT2D eigenvalue weighted by molar-refractivity contribution is 5.90. The van der Waals surface area contributed by atoms with Gasteiger partial charge in [-0.25, -0.2) is 0 Å². The number of ether oxygens (including phenoxy) is 4. The van der Waals surface area contributed by atoms with Crippen LogP contribution in [0.2, 0.25) is 0 Å². The summed E-state index contributed by atoms with van der Waals surface area (Å²) in [6.07, 6.45) is -2.73. The van der Waals surface area contributed by atoms with Crippen molar-refractivity contribution in [3.8, 4) is 0 Å². The predicted molar refractivity (Wildman–Crippen MR) is 114 cm³/mol. The van der Waals surface area contributed by atoms with Gasteiger partial charge in [-0.15, -0.1) is 0 Å². The number of amides is 1. The molecule has 10 heteroatoms. The number of Topliss-reactive ketones (excluding diaryl/α,β-unsaturated/α-hetero) is 1. The van der Waals surface area contributed by atoms with Crippen molar-refractivity contribution >= 4 is 12.2 Å². The molecule has 6 fully saturated rings. The second-order valence-electron chi connectivity index (χ2n) is 11.5. The van der Waals surface area contributed by atoms with Gasteiger partial charge in [-0.05, 0) is 12.3 Å². The van der Waals surface area contributed by atoms with Crippen LogP contribution >= 0.6 is 0 Å². The van der Waals surface area contributed by atoms with Crippen LogP contribution in [0.5, 0.6) is 0 Å². The molecule has 0 aromatic carbocycles. The van der Waals surface area contributed by atoms with Gasteiger partial charge in [0, 0.05) is 81.9 Å². The van der Waals surface area contributed by atoms with E-state index >= 15 is 0 Å². The molecule has 3 N–H and O–H groups in total. The van der Waals surface area contributed by atoms with Gasteiger partial charge in [0.25, 0.3) is 0 Å². The molecular formula is C24H35NO9. The number of aliphatic hydroxyl groups excluding tert-OH is 2. The van der Waals surface area contributed by atoms with Gasteiger partial charge >= 0.3 is 0 Å². The molecule has 0 aromatic rings. The van der Waals surface area contributed by atoms with E-state index in [1.54, 1.807) is 26.2 Å². The molecule has 6 rings (SSSR count). The number of rotatable bonds is 6. The summed E-state index contributed by atoms with van der Waals surface area (Å²) in [7, 11) is 6.18. The van der Waals surface area contributed by atoms with Crippen molar-refractivity contribution in [3.05, 3.63) is 0 Å². The van der Waals surface area contributed by atoms with Crippen LogP contribution in [0.1, 0.15) is 12.8 Å². The third-order valence-electron chi connectivity index (χ3n) is 11.0. The number of hydrogen-bond donors (Lipinski definition) is 3. The number of piperidine rings is 1. The summed E-state index contributed by atoms with van der Waals surface area (Å²) in [5.74, 6) is -2.44. The highest BCUT2D eigenvalue weighted by Gasteiger charge is 2.87. The Hall–Kier alpha value is -1.14. The van der Waals surface area contributed by atoms with Crippen molar-refractivity contribution in [2.24, 2.45) is 40.4 Å². The predicted octanol–water partition coefficient (Wildman–Crippen LogP) is -1.56. The SMILES string of the molecule is COC[C@]12CN(C=O)[C@@H]3[C@@H]4[C@H](OC)[C@H]1[C@@]3([C@@H](OC)C[C@H]2O)[C@@H]1C[C@@]2(O)[C@H](O)[C@@H]1[C@@H]4C(=O)[C@@H]2OC. The smallest absolute Gasteiger partial charge is 0.210 e. The zero-order valence-electron chi connectivity index (χ0n) is 20.0. The van der Waals surface area contributed by atoms with Crippen molar-refractivity contribution < 1.29 is 43.9 Å². The van der Waals surface area contributed by atoms with E-state index in [1.807, 2.05) is 0 Å². The van der Waals surface area contributed by atoms with Gasteiger partial charge in [0.1, 0.15) is 11.7 Å². The maximum atomic E-state index is 13.9. The fraction of sp³-hybridized carbons (Fsp3) is 0.917. The average Bonchev–Trinajstić information content (AvgIpc) is 3.13. The van der Waals surface area contributed by atoms with Gasteiger partial charge in [0.15, 0.2) is 5.78 Å². The van der Waals surface area contributed by atoms with Crippen LogP contribution in [0.4, 0.5) is 0 Å². The summed E-state index contributed by atoms with van der Waals surface area (Å²) in [4.78, 5) is 28.2. The molecule has 1 heterocycles. The van der Waals surface area contributed by atoms with Gasteiger partial charge in [-0.3, -0.25) is 9.59 Å². The molecule has 1 saturated heterocycles. The lowest BCUT2D eigenvalue weighted by Gasteiger charge is -2.68. The van der Waals surface area contributed by atoms with E-state index in [0.29, 0.717) is 6.42 Å². The lowest BCUT2D eigenvalue weighted by molar-refractivity contribution is -0.275. The second-order valence-corrected chi connectivity index (χ2v) is 11.5. The summed E-state index contributed by atoms with van der Waals surface area (Å²) in [5.41, 5.74) is -3.27. The topological polar surface area (TPSA) is 135 Å². The van der Waals surface area contributed by atoms with E-state index in [0.717, 1.165) is 6.41 Å². The van der Waals surface area contributed by atoms with Crippen LogP contribution < -0.4 is 0 Å². The molecule has 0 unspecified atom stereocenters. The number of ketones is 1. The molecule has 5 aliphatic carbocycles. The Bertz CT molecular complexity index is 902. The summed E-state index contributed by atoms with van der Waals surface area (Å²) < 4.78 is 23.4.